The Hall–Kier alpha value is -0.940. The molecule has 1 atom stereocenters. The molecule has 1 aromatic carbocycles. The molecular weight excluding hydrogens is 263 g/mol. The number of nitrogens with one attached hydrogen (secondary N) is 1. The first-order valence-electron chi connectivity index (χ1n) is 4.56. The van der Waals surface area contributed by atoms with Crippen LogP contribution in [0.4, 0.5) is 10.1 Å². The van der Waals surface area contributed by atoms with E-state index in [2.05, 4.69) is 21.2 Å². The molecule has 1 rings (SSSR count). The molecule has 5 heteroatoms. The predicted octanol–water partition coefficient (Wildman–Crippen LogP) is 2.26. The number of hydrogen-bond donors (Lipinski definition) is 2. The molecule has 0 bridgehead atoms. The van der Waals surface area contributed by atoms with E-state index in [1.807, 2.05) is 6.92 Å². The van der Waals surface area contributed by atoms with E-state index in [0.717, 1.165) is 0 Å². The van der Waals surface area contributed by atoms with Crippen LogP contribution in [0.25, 0.3) is 0 Å². The molecule has 82 valence electrons. The third-order valence-electron chi connectivity index (χ3n) is 1.97. The second-order valence-electron chi connectivity index (χ2n) is 3.13. The van der Waals surface area contributed by atoms with Crippen LogP contribution in [0, 0.1) is 5.82 Å². The van der Waals surface area contributed by atoms with Crippen LogP contribution in [-0.4, -0.2) is 11.9 Å². The molecular formula is C10H12BrFN2O. The highest BCUT2D eigenvalue weighted by Crippen LogP contribution is 2.23. The summed E-state index contributed by atoms with van der Waals surface area (Å²) in [6, 6.07) is 3.51. The maximum absolute atomic E-state index is 12.7. The lowest BCUT2D eigenvalue weighted by Crippen LogP contribution is -2.34. The van der Waals surface area contributed by atoms with Gasteiger partial charge in [-0.25, -0.2) is 4.39 Å². The maximum atomic E-state index is 12.7. The Morgan fingerprint density at radius 1 is 1.67 bits per heavy atom. The van der Waals surface area contributed by atoms with E-state index in [-0.39, 0.29) is 11.7 Å². The highest BCUT2D eigenvalue weighted by molar-refractivity contribution is 9.10. The van der Waals surface area contributed by atoms with Crippen LogP contribution in [0.5, 0.6) is 0 Å². The largest absolute Gasteiger partial charge is 0.324 e. The Morgan fingerprint density at radius 3 is 2.87 bits per heavy atom. The molecule has 0 aliphatic rings. The van der Waals surface area contributed by atoms with E-state index in [1.165, 1.54) is 18.2 Å². The monoisotopic (exact) mass is 274 g/mol. The third kappa shape index (κ3) is 3.28. The lowest BCUT2D eigenvalue weighted by molar-refractivity contribution is -0.117. The van der Waals surface area contributed by atoms with E-state index in [0.29, 0.717) is 16.6 Å². The van der Waals surface area contributed by atoms with Crippen molar-refractivity contribution in [2.45, 2.75) is 19.4 Å². The minimum absolute atomic E-state index is 0.273. The molecule has 3 nitrogen and oxygen atoms in total. The van der Waals surface area contributed by atoms with Crippen LogP contribution in [0.2, 0.25) is 0 Å². The SMILES string of the molecule is CCC(N)C(=O)Nc1ccc(F)cc1Br. The van der Waals surface area contributed by atoms with Crippen LogP contribution in [0.3, 0.4) is 0 Å². The van der Waals surface area contributed by atoms with Crippen molar-refractivity contribution in [2.75, 3.05) is 5.32 Å². The van der Waals surface area contributed by atoms with Gasteiger partial charge in [0.15, 0.2) is 0 Å². The number of carbonyl (C=O) groups excluding carboxylic acids is 1. The number of anilines is 1. The first kappa shape index (κ1) is 12.1. The fourth-order valence-electron chi connectivity index (χ4n) is 1.00. The van der Waals surface area contributed by atoms with Gasteiger partial charge in [-0.15, -0.1) is 0 Å². The second kappa shape index (κ2) is 5.23. The standard InChI is InChI=1S/C10H12BrFN2O/c1-2-8(13)10(15)14-9-4-3-6(12)5-7(9)11/h3-5,8H,2,13H2,1H3,(H,14,15). The molecule has 0 spiro atoms. The molecule has 1 unspecified atom stereocenters. The molecule has 1 aromatic rings. The van der Waals surface area contributed by atoms with Crippen molar-refractivity contribution in [1.82, 2.24) is 0 Å². The molecule has 1 amide bonds. The highest BCUT2D eigenvalue weighted by Gasteiger charge is 2.12. The Kier molecular flexibility index (Phi) is 4.23. The Labute approximate surface area is 96.0 Å². The molecule has 3 N–H and O–H groups in total. The van der Waals surface area contributed by atoms with Crippen LogP contribution in [0.1, 0.15) is 13.3 Å². The summed E-state index contributed by atoms with van der Waals surface area (Å²) in [5, 5.41) is 2.61. The summed E-state index contributed by atoms with van der Waals surface area (Å²) in [5.74, 6) is -0.635. The minimum Gasteiger partial charge on any atom is -0.324 e. The summed E-state index contributed by atoms with van der Waals surface area (Å²) in [7, 11) is 0. The van der Waals surface area contributed by atoms with Gasteiger partial charge in [-0.3, -0.25) is 4.79 Å². The lowest BCUT2D eigenvalue weighted by atomic mass is 10.2. The Morgan fingerprint density at radius 2 is 2.33 bits per heavy atom. The molecule has 0 saturated heterocycles. The van der Waals surface area contributed by atoms with Gasteiger partial charge in [0, 0.05) is 4.47 Å². The van der Waals surface area contributed by atoms with E-state index >= 15 is 0 Å². The van der Waals surface area contributed by atoms with Crippen molar-refractivity contribution >= 4 is 27.5 Å². The molecule has 0 aliphatic carbocycles. The minimum atomic E-state index is -0.540. The summed E-state index contributed by atoms with van der Waals surface area (Å²) < 4.78 is 13.2. The molecule has 0 saturated carbocycles. The quantitative estimate of drug-likeness (QED) is 0.889. The summed E-state index contributed by atoms with van der Waals surface area (Å²) >= 11 is 3.15. The Balaban J connectivity index is 2.77. The van der Waals surface area contributed by atoms with Crippen molar-refractivity contribution in [3.05, 3.63) is 28.5 Å². The predicted molar refractivity (Wildman–Crippen MR) is 61.0 cm³/mol. The van der Waals surface area contributed by atoms with Crippen molar-refractivity contribution in [1.29, 1.82) is 0 Å². The van der Waals surface area contributed by atoms with E-state index < -0.39 is 6.04 Å². The summed E-state index contributed by atoms with van der Waals surface area (Å²) in [6.07, 6.45) is 0.560. The average Bonchev–Trinajstić information content (AvgIpc) is 2.20. The number of halogens is 2. The zero-order valence-electron chi connectivity index (χ0n) is 8.26. The first-order chi connectivity index (χ1) is 7.04. The second-order valence-corrected chi connectivity index (χ2v) is 3.98. The lowest BCUT2D eigenvalue weighted by Gasteiger charge is -2.11. The molecule has 0 aliphatic heterocycles. The van der Waals surface area contributed by atoms with Gasteiger partial charge in [0.05, 0.1) is 11.7 Å². The van der Waals surface area contributed by atoms with Crippen LogP contribution >= 0.6 is 15.9 Å². The zero-order chi connectivity index (χ0) is 11.4. The van der Waals surface area contributed by atoms with Gasteiger partial charge >= 0.3 is 0 Å². The summed E-state index contributed by atoms with van der Waals surface area (Å²) in [4.78, 5) is 11.4. The first-order valence-corrected chi connectivity index (χ1v) is 5.35. The van der Waals surface area contributed by atoms with Gasteiger partial charge in [0.2, 0.25) is 5.91 Å². The van der Waals surface area contributed by atoms with E-state index in [4.69, 9.17) is 5.73 Å². The van der Waals surface area contributed by atoms with Crippen molar-refractivity contribution in [2.24, 2.45) is 5.73 Å². The van der Waals surface area contributed by atoms with Crippen molar-refractivity contribution in [3.63, 3.8) is 0 Å². The fourth-order valence-corrected chi connectivity index (χ4v) is 1.45. The number of amides is 1. The average molecular weight is 275 g/mol. The van der Waals surface area contributed by atoms with Crippen LogP contribution < -0.4 is 11.1 Å². The maximum Gasteiger partial charge on any atom is 0.241 e. The number of benzene rings is 1. The van der Waals surface area contributed by atoms with Crippen LogP contribution in [0.15, 0.2) is 22.7 Å². The molecule has 0 fully saturated rings. The van der Waals surface area contributed by atoms with E-state index in [1.54, 1.807) is 0 Å². The summed E-state index contributed by atoms with van der Waals surface area (Å²) in [6.45, 7) is 1.82. The van der Waals surface area contributed by atoms with Gasteiger partial charge in [-0.2, -0.15) is 0 Å². The molecule has 0 heterocycles. The number of rotatable bonds is 3. The van der Waals surface area contributed by atoms with Crippen molar-refractivity contribution in [3.8, 4) is 0 Å². The van der Waals surface area contributed by atoms with Gasteiger partial charge in [-0.1, -0.05) is 6.92 Å². The molecule has 15 heavy (non-hydrogen) atoms. The van der Waals surface area contributed by atoms with E-state index in [9.17, 15) is 9.18 Å². The highest BCUT2D eigenvalue weighted by atomic mass is 79.9. The Bertz CT molecular complexity index is 370. The van der Waals surface area contributed by atoms with Gasteiger partial charge in [0.1, 0.15) is 5.82 Å². The van der Waals surface area contributed by atoms with Gasteiger partial charge < -0.3 is 11.1 Å². The van der Waals surface area contributed by atoms with Crippen LogP contribution in [-0.2, 0) is 4.79 Å². The fraction of sp³-hybridized carbons (Fsp3) is 0.300. The topological polar surface area (TPSA) is 55.1 Å². The molecule has 0 aromatic heterocycles. The van der Waals surface area contributed by atoms with Gasteiger partial charge in [0.25, 0.3) is 0 Å². The molecule has 0 radical (unpaired) electrons. The number of hydrogen-bond acceptors (Lipinski definition) is 2. The number of nitrogens with two attached hydrogens (primary N) is 1. The summed E-state index contributed by atoms with van der Waals surface area (Å²) in [5.41, 5.74) is 6.06. The van der Waals surface area contributed by atoms with Crippen molar-refractivity contribution < 1.29 is 9.18 Å². The smallest absolute Gasteiger partial charge is 0.241 e. The normalized spacial score (nSPS) is 12.3. The third-order valence-corrected chi connectivity index (χ3v) is 2.62. The zero-order valence-corrected chi connectivity index (χ0v) is 9.84. The number of carbonyl (C=O) groups is 1. The van der Waals surface area contributed by atoms with Gasteiger partial charge in [-0.05, 0) is 40.5 Å².